The van der Waals surface area contributed by atoms with Crippen LogP contribution in [0.15, 0.2) is 5.03 Å². The molecular formula is C13H19N3O3S. The van der Waals surface area contributed by atoms with Crippen LogP contribution in [0.4, 0.5) is 0 Å². The zero-order valence-electron chi connectivity index (χ0n) is 12.2. The molecule has 110 valence electrons. The summed E-state index contributed by atoms with van der Waals surface area (Å²) in [4.78, 5) is 31.8. The van der Waals surface area contributed by atoms with Gasteiger partial charge in [0, 0.05) is 0 Å². The maximum absolute atomic E-state index is 12.3. The van der Waals surface area contributed by atoms with Crippen LogP contribution in [0.2, 0.25) is 0 Å². The fourth-order valence-corrected chi connectivity index (χ4v) is 2.49. The fourth-order valence-electron chi connectivity index (χ4n) is 1.82. The minimum atomic E-state index is -1.05. The smallest absolute Gasteiger partial charge is 0.326 e. The van der Waals surface area contributed by atoms with Gasteiger partial charge in [0.2, 0.25) is 0 Å². The Labute approximate surface area is 122 Å². The number of carbonyl (C=O) groups is 2. The van der Waals surface area contributed by atoms with E-state index in [4.69, 9.17) is 5.11 Å². The summed E-state index contributed by atoms with van der Waals surface area (Å²) in [6.45, 7) is 6.96. The number of hydrogen-bond donors (Lipinski definition) is 2. The SMILES string of the molecule is CSc1nc(C)nc(C)c1C(=O)N[C@@H](C(=O)O)C(C)C. The lowest BCUT2D eigenvalue weighted by Gasteiger charge is -2.19. The van der Waals surface area contributed by atoms with Crippen LogP contribution in [0, 0.1) is 19.8 Å². The Hall–Kier alpha value is -1.63. The Morgan fingerprint density at radius 3 is 2.30 bits per heavy atom. The van der Waals surface area contributed by atoms with Gasteiger partial charge in [-0.25, -0.2) is 14.8 Å². The molecule has 1 heterocycles. The van der Waals surface area contributed by atoms with E-state index in [9.17, 15) is 9.59 Å². The first-order valence-corrected chi connectivity index (χ1v) is 7.43. The molecule has 1 rings (SSSR count). The van der Waals surface area contributed by atoms with Gasteiger partial charge < -0.3 is 10.4 Å². The molecule has 0 saturated carbocycles. The summed E-state index contributed by atoms with van der Waals surface area (Å²) in [5.74, 6) is -1.12. The summed E-state index contributed by atoms with van der Waals surface area (Å²) in [5, 5.41) is 12.2. The number of thioether (sulfide) groups is 1. The van der Waals surface area contributed by atoms with Gasteiger partial charge >= 0.3 is 5.97 Å². The second kappa shape index (κ2) is 6.69. The van der Waals surface area contributed by atoms with E-state index in [1.54, 1.807) is 27.7 Å². The first-order chi connectivity index (χ1) is 9.27. The summed E-state index contributed by atoms with van der Waals surface area (Å²) in [6, 6.07) is -0.932. The number of hydrogen-bond acceptors (Lipinski definition) is 5. The van der Waals surface area contributed by atoms with E-state index in [1.807, 2.05) is 6.26 Å². The van der Waals surface area contributed by atoms with Crippen molar-refractivity contribution in [2.75, 3.05) is 6.26 Å². The number of aliphatic carboxylic acids is 1. The molecule has 7 heteroatoms. The predicted molar refractivity (Wildman–Crippen MR) is 77.0 cm³/mol. The predicted octanol–water partition coefficient (Wildman–Crippen LogP) is 1.65. The molecule has 0 aliphatic rings. The van der Waals surface area contributed by atoms with E-state index in [1.165, 1.54) is 11.8 Å². The molecule has 0 aliphatic carbocycles. The zero-order chi connectivity index (χ0) is 15.4. The van der Waals surface area contributed by atoms with E-state index in [-0.39, 0.29) is 5.92 Å². The molecule has 20 heavy (non-hydrogen) atoms. The van der Waals surface area contributed by atoms with E-state index < -0.39 is 17.9 Å². The van der Waals surface area contributed by atoms with Crippen LogP contribution >= 0.6 is 11.8 Å². The molecule has 1 atom stereocenters. The molecule has 0 aromatic carbocycles. The van der Waals surface area contributed by atoms with Gasteiger partial charge in [-0.05, 0) is 26.0 Å². The van der Waals surface area contributed by atoms with Crippen molar-refractivity contribution in [1.82, 2.24) is 15.3 Å². The fraction of sp³-hybridized carbons (Fsp3) is 0.538. The third-order valence-electron chi connectivity index (χ3n) is 2.81. The number of aromatic nitrogens is 2. The Morgan fingerprint density at radius 1 is 1.25 bits per heavy atom. The molecule has 0 radical (unpaired) electrons. The summed E-state index contributed by atoms with van der Waals surface area (Å²) in [6.07, 6.45) is 1.81. The Morgan fingerprint density at radius 2 is 1.85 bits per heavy atom. The standard InChI is InChI=1S/C13H19N3O3S/c1-6(2)10(13(18)19)16-11(17)9-7(3)14-8(4)15-12(9)20-5/h6,10H,1-5H3,(H,16,17)(H,18,19)/t10-/m1/s1. The van der Waals surface area contributed by atoms with E-state index in [0.29, 0.717) is 22.1 Å². The average molecular weight is 297 g/mol. The number of carbonyl (C=O) groups excluding carboxylic acids is 1. The van der Waals surface area contributed by atoms with Crippen LogP contribution in [0.3, 0.4) is 0 Å². The van der Waals surface area contributed by atoms with Crippen LogP contribution in [0.5, 0.6) is 0 Å². The molecule has 0 spiro atoms. The van der Waals surface area contributed by atoms with Gasteiger partial charge in [-0.2, -0.15) is 0 Å². The summed E-state index contributed by atoms with van der Waals surface area (Å²) < 4.78 is 0. The first-order valence-electron chi connectivity index (χ1n) is 6.20. The molecule has 0 aliphatic heterocycles. The second-order valence-corrected chi connectivity index (χ2v) is 5.57. The van der Waals surface area contributed by atoms with Gasteiger partial charge in [-0.1, -0.05) is 13.8 Å². The Bertz CT molecular complexity index is 532. The molecule has 1 amide bonds. The van der Waals surface area contributed by atoms with Crippen molar-refractivity contribution in [2.24, 2.45) is 5.92 Å². The third kappa shape index (κ3) is 3.69. The summed E-state index contributed by atoms with van der Waals surface area (Å²) >= 11 is 1.34. The van der Waals surface area contributed by atoms with Crippen LogP contribution in [-0.4, -0.2) is 39.2 Å². The summed E-state index contributed by atoms with van der Waals surface area (Å²) in [7, 11) is 0. The van der Waals surface area contributed by atoms with Crippen LogP contribution in [0.25, 0.3) is 0 Å². The van der Waals surface area contributed by atoms with Crippen molar-refractivity contribution in [3.05, 3.63) is 17.1 Å². The van der Waals surface area contributed by atoms with Crippen molar-refractivity contribution in [3.63, 3.8) is 0 Å². The van der Waals surface area contributed by atoms with Crippen molar-refractivity contribution >= 4 is 23.6 Å². The molecule has 0 unspecified atom stereocenters. The highest BCUT2D eigenvalue weighted by atomic mass is 32.2. The highest BCUT2D eigenvalue weighted by Crippen LogP contribution is 2.20. The maximum Gasteiger partial charge on any atom is 0.326 e. The first kappa shape index (κ1) is 16.4. The monoisotopic (exact) mass is 297 g/mol. The normalized spacial score (nSPS) is 12.3. The minimum Gasteiger partial charge on any atom is -0.480 e. The van der Waals surface area contributed by atoms with E-state index >= 15 is 0 Å². The Balaban J connectivity index is 3.12. The van der Waals surface area contributed by atoms with Crippen molar-refractivity contribution < 1.29 is 14.7 Å². The van der Waals surface area contributed by atoms with Gasteiger partial charge in [0.25, 0.3) is 5.91 Å². The number of aryl methyl sites for hydroxylation is 2. The average Bonchev–Trinajstić information content (AvgIpc) is 2.33. The van der Waals surface area contributed by atoms with Crippen LogP contribution in [0.1, 0.15) is 35.7 Å². The van der Waals surface area contributed by atoms with Crippen LogP contribution < -0.4 is 5.32 Å². The van der Waals surface area contributed by atoms with Crippen molar-refractivity contribution in [2.45, 2.75) is 38.8 Å². The van der Waals surface area contributed by atoms with Gasteiger partial charge in [0.05, 0.1) is 11.3 Å². The quantitative estimate of drug-likeness (QED) is 0.634. The molecule has 1 aromatic rings. The molecular weight excluding hydrogens is 278 g/mol. The lowest BCUT2D eigenvalue weighted by Crippen LogP contribution is -2.44. The largest absolute Gasteiger partial charge is 0.480 e. The van der Waals surface area contributed by atoms with E-state index in [2.05, 4.69) is 15.3 Å². The molecule has 0 bridgehead atoms. The number of carboxylic acids is 1. The number of amides is 1. The van der Waals surface area contributed by atoms with Crippen LogP contribution in [-0.2, 0) is 4.79 Å². The zero-order valence-corrected chi connectivity index (χ0v) is 13.0. The molecule has 1 aromatic heterocycles. The number of carboxylic acid groups (broad SMARTS) is 1. The maximum atomic E-state index is 12.3. The number of rotatable bonds is 5. The molecule has 0 fully saturated rings. The minimum absolute atomic E-state index is 0.208. The van der Waals surface area contributed by atoms with E-state index in [0.717, 1.165) is 0 Å². The molecule has 0 saturated heterocycles. The van der Waals surface area contributed by atoms with Crippen molar-refractivity contribution in [3.8, 4) is 0 Å². The molecule has 6 nitrogen and oxygen atoms in total. The van der Waals surface area contributed by atoms with Crippen molar-refractivity contribution in [1.29, 1.82) is 0 Å². The lowest BCUT2D eigenvalue weighted by atomic mass is 10.0. The highest BCUT2D eigenvalue weighted by Gasteiger charge is 2.26. The van der Waals surface area contributed by atoms with Gasteiger partial charge in [0.15, 0.2) is 0 Å². The number of nitrogens with one attached hydrogen (secondary N) is 1. The highest BCUT2D eigenvalue weighted by molar-refractivity contribution is 7.98. The second-order valence-electron chi connectivity index (χ2n) is 4.77. The number of nitrogens with zero attached hydrogens (tertiary/aromatic N) is 2. The van der Waals surface area contributed by atoms with Gasteiger partial charge in [-0.15, -0.1) is 11.8 Å². The van der Waals surface area contributed by atoms with Gasteiger partial charge in [0.1, 0.15) is 16.9 Å². The van der Waals surface area contributed by atoms with Gasteiger partial charge in [-0.3, -0.25) is 4.79 Å². The summed E-state index contributed by atoms with van der Waals surface area (Å²) in [5.41, 5.74) is 0.891. The third-order valence-corrected chi connectivity index (χ3v) is 3.49. The molecule has 2 N–H and O–H groups in total. The lowest BCUT2D eigenvalue weighted by molar-refractivity contribution is -0.140. The Kier molecular flexibility index (Phi) is 5.50. The topological polar surface area (TPSA) is 92.2 Å².